The van der Waals surface area contributed by atoms with Gasteiger partial charge in [0.25, 0.3) is 0 Å². The standard InChI is InChI=1S/C14H9F6NO2/c15-13(16,17)12-6-8(7-22)5-10(21-12)9-3-1-2-4-11(9)23-14(18,19)20/h1-6,22H,7H2. The van der Waals surface area contributed by atoms with Crippen molar-refractivity contribution >= 4 is 0 Å². The zero-order chi connectivity index (χ0) is 17.3. The van der Waals surface area contributed by atoms with Gasteiger partial charge in [0.2, 0.25) is 0 Å². The van der Waals surface area contributed by atoms with Crippen molar-refractivity contribution in [2.45, 2.75) is 19.1 Å². The lowest BCUT2D eigenvalue weighted by Crippen LogP contribution is -2.18. The Morgan fingerprint density at radius 1 is 1.00 bits per heavy atom. The third-order valence-electron chi connectivity index (χ3n) is 2.75. The molecule has 1 aromatic heterocycles. The highest BCUT2D eigenvalue weighted by molar-refractivity contribution is 5.67. The van der Waals surface area contributed by atoms with Crippen molar-refractivity contribution in [3.8, 4) is 17.0 Å². The molecule has 0 atom stereocenters. The molecule has 1 heterocycles. The molecular weight excluding hydrogens is 328 g/mol. The molecule has 3 nitrogen and oxygen atoms in total. The van der Waals surface area contributed by atoms with E-state index in [0.717, 1.165) is 18.2 Å². The summed E-state index contributed by atoms with van der Waals surface area (Å²) in [5.74, 6) is -0.685. The maximum absolute atomic E-state index is 12.8. The van der Waals surface area contributed by atoms with Crippen molar-refractivity contribution in [3.05, 3.63) is 47.7 Å². The van der Waals surface area contributed by atoms with E-state index in [-0.39, 0.29) is 16.8 Å². The maximum atomic E-state index is 12.8. The summed E-state index contributed by atoms with van der Waals surface area (Å²) in [5.41, 5.74) is -2.11. The third kappa shape index (κ3) is 4.35. The Labute approximate surface area is 126 Å². The first-order chi connectivity index (χ1) is 10.6. The van der Waals surface area contributed by atoms with Crippen LogP contribution in [0.15, 0.2) is 36.4 Å². The van der Waals surface area contributed by atoms with Crippen LogP contribution in [-0.2, 0) is 12.8 Å². The number of aliphatic hydroxyl groups is 1. The fraction of sp³-hybridized carbons (Fsp3) is 0.214. The number of aromatic nitrogens is 1. The minimum Gasteiger partial charge on any atom is -0.405 e. The van der Waals surface area contributed by atoms with E-state index in [4.69, 9.17) is 5.11 Å². The number of ether oxygens (including phenoxy) is 1. The van der Waals surface area contributed by atoms with E-state index >= 15 is 0 Å². The first kappa shape index (κ1) is 17.1. The van der Waals surface area contributed by atoms with E-state index in [9.17, 15) is 26.3 Å². The summed E-state index contributed by atoms with van der Waals surface area (Å²) in [6, 6.07) is 6.36. The minimum atomic E-state index is -5.00. The second kappa shape index (κ2) is 6.07. The monoisotopic (exact) mass is 337 g/mol. The second-order valence-electron chi connectivity index (χ2n) is 4.45. The zero-order valence-corrected chi connectivity index (χ0v) is 11.2. The van der Waals surface area contributed by atoms with Gasteiger partial charge in [-0.25, -0.2) is 4.98 Å². The number of alkyl halides is 6. The lowest BCUT2D eigenvalue weighted by molar-refractivity contribution is -0.274. The van der Waals surface area contributed by atoms with Gasteiger partial charge in [-0.3, -0.25) is 0 Å². The van der Waals surface area contributed by atoms with Crippen LogP contribution in [0.5, 0.6) is 5.75 Å². The normalized spacial score (nSPS) is 12.3. The van der Waals surface area contributed by atoms with Crippen molar-refractivity contribution < 1.29 is 36.2 Å². The second-order valence-corrected chi connectivity index (χ2v) is 4.45. The highest BCUT2D eigenvalue weighted by Gasteiger charge is 2.35. The summed E-state index contributed by atoms with van der Waals surface area (Å²) >= 11 is 0. The number of para-hydroxylation sites is 1. The van der Waals surface area contributed by atoms with E-state index in [0.29, 0.717) is 6.07 Å². The van der Waals surface area contributed by atoms with E-state index in [1.165, 1.54) is 12.1 Å². The Morgan fingerprint density at radius 3 is 2.22 bits per heavy atom. The number of hydrogen-bond donors (Lipinski definition) is 1. The highest BCUT2D eigenvalue weighted by atomic mass is 19.4. The lowest BCUT2D eigenvalue weighted by Gasteiger charge is -2.15. The molecule has 9 heteroatoms. The Kier molecular flexibility index (Phi) is 4.51. The molecule has 23 heavy (non-hydrogen) atoms. The smallest absolute Gasteiger partial charge is 0.405 e. The Hall–Kier alpha value is -2.29. The zero-order valence-electron chi connectivity index (χ0n) is 11.2. The first-order valence-corrected chi connectivity index (χ1v) is 6.14. The fourth-order valence-electron chi connectivity index (χ4n) is 1.85. The van der Waals surface area contributed by atoms with Crippen LogP contribution in [0.2, 0.25) is 0 Å². The van der Waals surface area contributed by atoms with Crippen molar-refractivity contribution in [1.29, 1.82) is 0 Å². The maximum Gasteiger partial charge on any atom is 0.573 e. The lowest BCUT2D eigenvalue weighted by atomic mass is 10.1. The molecule has 0 fully saturated rings. The molecular formula is C14H9F6NO2. The van der Waals surface area contributed by atoms with Gasteiger partial charge >= 0.3 is 12.5 Å². The molecule has 0 bridgehead atoms. The topological polar surface area (TPSA) is 42.4 Å². The summed E-state index contributed by atoms with van der Waals surface area (Å²) in [5, 5.41) is 9.05. The van der Waals surface area contributed by atoms with Crippen molar-refractivity contribution in [2.24, 2.45) is 0 Å². The number of benzene rings is 1. The van der Waals surface area contributed by atoms with Crippen LogP contribution in [0, 0.1) is 0 Å². The van der Waals surface area contributed by atoms with E-state index in [1.807, 2.05) is 0 Å². The van der Waals surface area contributed by atoms with Crippen LogP contribution in [-0.4, -0.2) is 16.5 Å². The Balaban J connectivity index is 2.58. The van der Waals surface area contributed by atoms with Crippen molar-refractivity contribution in [3.63, 3.8) is 0 Å². The first-order valence-electron chi connectivity index (χ1n) is 6.14. The molecule has 0 spiro atoms. The number of pyridine rings is 1. The van der Waals surface area contributed by atoms with E-state index in [1.54, 1.807) is 0 Å². The largest absolute Gasteiger partial charge is 0.573 e. The van der Waals surface area contributed by atoms with Gasteiger partial charge in [0.05, 0.1) is 12.3 Å². The van der Waals surface area contributed by atoms with Gasteiger partial charge in [0.1, 0.15) is 11.4 Å². The summed E-state index contributed by atoms with van der Waals surface area (Å²) in [7, 11) is 0. The van der Waals surface area contributed by atoms with Gasteiger partial charge in [-0.2, -0.15) is 13.2 Å². The van der Waals surface area contributed by atoms with Crippen LogP contribution in [0.3, 0.4) is 0 Å². The molecule has 0 unspecified atom stereocenters. The summed E-state index contributed by atoms with van der Waals surface area (Å²) in [4.78, 5) is 3.33. The number of rotatable bonds is 3. The molecule has 0 aliphatic heterocycles. The summed E-state index contributed by atoms with van der Waals surface area (Å²) in [6.45, 7) is -0.721. The molecule has 0 saturated carbocycles. The predicted molar refractivity (Wildman–Crippen MR) is 67.3 cm³/mol. The molecule has 1 N–H and O–H groups in total. The summed E-state index contributed by atoms with van der Waals surface area (Å²) < 4.78 is 79.4. The average Bonchev–Trinajstić information content (AvgIpc) is 2.44. The Bertz CT molecular complexity index is 696. The summed E-state index contributed by atoms with van der Waals surface area (Å²) in [6.07, 6.45) is -9.81. The van der Waals surface area contributed by atoms with Gasteiger partial charge in [0.15, 0.2) is 0 Å². The predicted octanol–water partition coefficient (Wildman–Crippen LogP) is 4.16. The van der Waals surface area contributed by atoms with Gasteiger partial charge in [-0.1, -0.05) is 12.1 Å². The Morgan fingerprint density at radius 2 is 1.65 bits per heavy atom. The van der Waals surface area contributed by atoms with Crippen LogP contribution in [0.1, 0.15) is 11.3 Å². The van der Waals surface area contributed by atoms with Crippen LogP contribution in [0.25, 0.3) is 11.3 Å². The van der Waals surface area contributed by atoms with Crippen molar-refractivity contribution in [1.82, 2.24) is 4.98 Å². The minimum absolute atomic E-state index is 0.135. The quantitative estimate of drug-likeness (QED) is 0.856. The van der Waals surface area contributed by atoms with Gasteiger partial charge < -0.3 is 9.84 Å². The molecule has 2 rings (SSSR count). The molecule has 0 radical (unpaired) electrons. The van der Waals surface area contributed by atoms with Gasteiger partial charge in [-0.15, -0.1) is 13.2 Å². The van der Waals surface area contributed by atoms with Crippen LogP contribution in [0.4, 0.5) is 26.3 Å². The number of nitrogens with zero attached hydrogens (tertiary/aromatic N) is 1. The highest BCUT2D eigenvalue weighted by Crippen LogP contribution is 2.35. The SMILES string of the molecule is OCc1cc(-c2ccccc2OC(F)(F)F)nc(C(F)(F)F)c1. The molecule has 124 valence electrons. The van der Waals surface area contributed by atoms with Crippen LogP contribution < -0.4 is 4.74 Å². The van der Waals surface area contributed by atoms with Crippen molar-refractivity contribution in [2.75, 3.05) is 0 Å². The fourth-order valence-corrected chi connectivity index (χ4v) is 1.85. The molecule has 0 saturated heterocycles. The molecule has 0 aliphatic carbocycles. The molecule has 1 aromatic carbocycles. The van der Waals surface area contributed by atoms with E-state index < -0.39 is 30.6 Å². The number of hydrogen-bond acceptors (Lipinski definition) is 3. The number of aliphatic hydroxyl groups excluding tert-OH is 1. The molecule has 0 amide bonds. The molecule has 0 aliphatic rings. The number of halogens is 6. The molecule has 2 aromatic rings. The average molecular weight is 337 g/mol. The van der Waals surface area contributed by atoms with E-state index in [2.05, 4.69) is 9.72 Å². The van der Waals surface area contributed by atoms with Gasteiger partial charge in [0, 0.05) is 5.56 Å². The van der Waals surface area contributed by atoms with Gasteiger partial charge in [-0.05, 0) is 29.8 Å². The third-order valence-corrected chi connectivity index (χ3v) is 2.75. The van der Waals surface area contributed by atoms with Crippen LogP contribution >= 0.6 is 0 Å².